The number of hydrogen-bond acceptors (Lipinski definition) is 0. The van der Waals surface area contributed by atoms with Gasteiger partial charge in [0.2, 0.25) is 0 Å². The Kier molecular flexibility index (Phi) is 5.22. The van der Waals surface area contributed by atoms with E-state index in [1.807, 2.05) is 0 Å². The molecule has 1 aromatic rings. The summed E-state index contributed by atoms with van der Waals surface area (Å²) < 4.78 is 0. The Bertz CT molecular complexity index is 387. The van der Waals surface area contributed by atoms with Gasteiger partial charge in [-0.1, -0.05) is 0 Å². The van der Waals surface area contributed by atoms with Crippen molar-refractivity contribution in [3.05, 3.63) is 30.3 Å². The van der Waals surface area contributed by atoms with E-state index < -0.39 is 6.04 Å². The van der Waals surface area contributed by atoms with Crippen molar-refractivity contribution in [2.24, 2.45) is 0 Å². The molecular formula is C18H28NiP. The van der Waals surface area contributed by atoms with Crippen molar-refractivity contribution in [2.45, 2.75) is 75.5 Å². The molecule has 0 saturated heterocycles. The Morgan fingerprint density at radius 2 is 1.15 bits per heavy atom. The second-order valence-corrected chi connectivity index (χ2v) is 12.8. The average Bonchev–Trinajstić information content (AvgIpc) is 2.56. The van der Waals surface area contributed by atoms with E-state index in [1.165, 1.54) is 64.2 Å². The fourth-order valence-electron chi connectivity index (χ4n) is 4.50. The molecule has 115 valence electrons. The van der Waals surface area contributed by atoms with Gasteiger partial charge in [-0.25, -0.2) is 0 Å². The van der Waals surface area contributed by atoms with Crippen molar-refractivity contribution in [1.29, 1.82) is 0 Å². The predicted octanol–water partition coefficient (Wildman–Crippen LogP) is 5.19. The first kappa shape index (κ1) is 15.1. The second-order valence-electron chi connectivity index (χ2n) is 6.75. The molecule has 0 heterocycles. The number of hydrogen-bond donors (Lipinski definition) is 0. The maximum absolute atomic E-state index is 6.17. The number of benzene rings is 1. The molecule has 0 amide bonds. The van der Waals surface area contributed by atoms with E-state index in [-0.39, 0.29) is 0 Å². The molecule has 2 saturated carbocycles. The third-order valence-electron chi connectivity index (χ3n) is 5.55. The molecule has 0 unspecified atom stereocenters. The molecule has 0 N–H and O–H groups in total. The normalized spacial score (nSPS) is 23.7. The topological polar surface area (TPSA) is 0 Å². The fourth-order valence-corrected chi connectivity index (χ4v) is 11.4. The summed E-state index contributed by atoms with van der Waals surface area (Å²) in [5.41, 5.74) is 1.78. The van der Waals surface area contributed by atoms with Crippen LogP contribution in [0.2, 0.25) is 0 Å². The molecule has 0 aliphatic heterocycles. The zero-order chi connectivity index (χ0) is 13.8. The molecule has 3 rings (SSSR count). The summed E-state index contributed by atoms with van der Waals surface area (Å²) in [5.74, 6) is 0. The molecule has 2 fully saturated rings. The summed E-state index contributed by atoms with van der Waals surface area (Å²) in [6.07, 6.45) is 14.3. The van der Waals surface area contributed by atoms with E-state index in [1.54, 1.807) is 5.30 Å². The molecular weight excluding hydrogens is 306 g/mol. The van der Waals surface area contributed by atoms with Crippen molar-refractivity contribution < 1.29 is 15.0 Å². The van der Waals surface area contributed by atoms with Crippen LogP contribution in [0.5, 0.6) is 0 Å². The van der Waals surface area contributed by atoms with Gasteiger partial charge in [0.25, 0.3) is 0 Å². The van der Waals surface area contributed by atoms with Crippen LogP contribution in [0.4, 0.5) is 0 Å². The second kappa shape index (κ2) is 6.94. The van der Waals surface area contributed by atoms with Gasteiger partial charge in [-0.2, -0.15) is 0 Å². The summed E-state index contributed by atoms with van der Waals surface area (Å²) in [6, 6.07) is 9.65. The SMILES string of the molecule is [Ni][PH](c1ccccc1)(C1CCCCC1)C1CCCCC1. The van der Waals surface area contributed by atoms with Crippen LogP contribution in [0.25, 0.3) is 0 Å². The van der Waals surface area contributed by atoms with Gasteiger partial charge in [-0.3, -0.25) is 0 Å². The van der Waals surface area contributed by atoms with Crippen LogP contribution in [0.3, 0.4) is 0 Å². The van der Waals surface area contributed by atoms with E-state index in [2.05, 4.69) is 30.3 Å². The van der Waals surface area contributed by atoms with Crippen molar-refractivity contribution in [3.8, 4) is 0 Å². The van der Waals surface area contributed by atoms with E-state index in [9.17, 15) is 0 Å². The van der Waals surface area contributed by atoms with Crippen LogP contribution < -0.4 is 5.30 Å². The molecule has 2 heteroatoms. The summed E-state index contributed by atoms with van der Waals surface area (Å²) in [6.45, 7) is 0. The monoisotopic (exact) mass is 333 g/mol. The molecule has 0 radical (unpaired) electrons. The zero-order valence-corrected chi connectivity index (χ0v) is 14.4. The Balaban J connectivity index is 1.92. The van der Waals surface area contributed by atoms with Crippen molar-refractivity contribution in [2.75, 3.05) is 0 Å². The first-order chi connectivity index (χ1) is 9.82. The van der Waals surface area contributed by atoms with Gasteiger partial charge in [0.15, 0.2) is 0 Å². The molecule has 0 atom stereocenters. The summed E-state index contributed by atoms with van der Waals surface area (Å²) in [5, 5.41) is 1.60. The van der Waals surface area contributed by atoms with Crippen molar-refractivity contribution in [1.82, 2.24) is 0 Å². The van der Waals surface area contributed by atoms with E-state index in [0.717, 1.165) is 11.3 Å². The van der Waals surface area contributed by atoms with Crippen LogP contribution >= 0.6 is 6.04 Å². The van der Waals surface area contributed by atoms with Crippen LogP contribution in [0.1, 0.15) is 64.2 Å². The molecule has 1 aromatic carbocycles. The summed E-state index contributed by atoms with van der Waals surface area (Å²) in [4.78, 5) is 0. The molecule has 0 nitrogen and oxygen atoms in total. The molecule has 0 spiro atoms. The Labute approximate surface area is 132 Å². The van der Waals surface area contributed by atoms with Crippen LogP contribution in [0, 0.1) is 0 Å². The molecule has 20 heavy (non-hydrogen) atoms. The predicted molar refractivity (Wildman–Crippen MR) is 88.1 cm³/mol. The first-order valence-electron chi connectivity index (χ1n) is 8.53. The minimum atomic E-state index is -1.70. The first-order valence-corrected chi connectivity index (χ1v) is 12.0. The summed E-state index contributed by atoms with van der Waals surface area (Å²) in [7, 11) is 0. The van der Waals surface area contributed by atoms with Gasteiger partial charge in [0.05, 0.1) is 0 Å². The van der Waals surface area contributed by atoms with E-state index in [0.29, 0.717) is 0 Å². The third-order valence-corrected chi connectivity index (χ3v) is 13.4. The van der Waals surface area contributed by atoms with Gasteiger partial charge in [-0.05, 0) is 0 Å². The van der Waals surface area contributed by atoms with Gasteiger partial charge in [0, 0.05) is 0 Å². The van der Waals surface area contributed by atoms with Crippen molar-refractivity contribution >= 4 is 11.3 Å². The zero-order valence-electron chi connectivity index (χ0n) is 12.4. The average molecular weight is 334 g/mol. The van der Waals surface area contributed by atoms with Crippen LogP contribution in [-0.2, 0) is 15.0 Å². The minimum absolute atomic E-state index is 0.891. The van der Waals surface area contributed by atoms with Gasteiger partial charge in [0.1, 0.15) is 0 Å². The summed E-state index contributed by atoms with van der Waals surface area (Å²) >= 11 is 6.17. The van der Waals surface area contributed by atoms with E-state index in [4.69, 9.17) is 15.0 Å². The Morgan fingerprint density at radius 3 is 1.60 bits per heavy atom. The maximum atomic E-state index is 6.17. The Hall–Kier alpha value is 0.144. The van der Waals surface area contributed by atoms with Crippen LogP contribution in [-0.4, -0.2) is 11.3 Å². The fraction of sp³-hybridized carbons (Fsp3) is 0.667. The van der Waals surface area contributed by atoms with Gasteiger partial charge in [-0.15, -0.1) is 0 Å². The van der Waals surface area contributed by atoms with E-state index >= 15 is 0 Å². The Morgan fingerprint density at radius 1 is 0.700 bits per heavy atom. The molecule has 0 aromatic heterocycles. The molecule has 2 aliphatic rings. The van der Waals surface area contributed by atoms with Gasteiger partial charge < -0.3 is 0 Å². The quantitative estimate of drug-likeness (QED) is 0.527. The standard InChI is InChI=1S/C18H27P.Ni/c1-4-10-16(11-5-1)19(17-12-6-2-7-13-17)18-14-8-3-9-15-18;/h1,4-5,10-11,17-18H,2-3,6-9,12-15H2;/q;-1/p+1. The van der Waals surface area contributed by atoms with Gasteiger partial charge >= 0.3 is 132 Å². The third kappa shape index (κ3) is 3.00. The van der Waals surface area contributed by atoms with Crippen molar-refractivity contribution in [3.63, 3.8) is 0 Å². The molecule has 0 bridgehead atoms. The number of rotatable bonds is 3. The van der Waals surface area contributed by atoms with Crippen LogP contribution in [0.15, 0.2) is 30.3 Å². The molecule has 2 aliphatic carbocycles.